The van der Waals surface area contributed by atoms with Crippen molar-refractivity contribution in [1.82, 2.24) is 19.8 Å². The molecule has 0 amide bonds. The van der Waals surface area contributed by atoms with E-state index in [9.17, 15) is 5.11 Å². The molecule has 6 nitrogen and oxygen atoms in total. The smallest absolute Gasteiger partial charge is 0.187 e. The van der Waals surface area contributed by atoms with Crippen molar-refractivity contribution in [1.29, 1.82) is 0 Å². The number of hydrogen-bond acceptors (Lipinski definition) is 7. The van der Waals surface area contributed by atoms with Crippen molar-refractivity contribution >= 4 is 11.8 Å². The van der Waals surface area contributed by atoms with Gasteiger partial charge in [-0.2, -0.15) is 0 Å². The van der Waals surface area contributed by atoms with E-state index >= 15 is 0 Å². The largest absolute Gasteiger partial charge is 0.497 e. The molecule has 1 aliphatic heterocycles. The summed E-state index contributed by atoms with van der Waals surface area (Å²) in [6, 6.07) is 8.56. The highest BCUT2D eigenvalue weighted by Gasteiger charge is 2.26. The molecule has 0 radical (unpaired) electrons. The van der Waals surface area contributed by atoms with Crippen LogP contribution >= 0.6 is 11.8 Å². The lowest BCUT2D eigenvalue weighted by Crippen LogP contribution is -2.52. The van der Waals surface area contributed by atoms with E-state index in [4.69, 9.17) is 4.74 Å². The highest BCUT2D eigenvalue weighted by molar-refractivity contribution is 7.98. The van der Waals surface area contributed by atoms with Gasteiger partial charge in [-0.05, 0) is 30.4 Å². The van der Waals surface area contributed by atoms with Crippen LogP contribution in [0, 0.1) is 0 Å². The molecule has 0 saturated carbocycles. The van der Waals surface area contributed by atoms with Gasteiger partial charge in [0.25, 0.3) is 0 Å². The minimum atomic E-state index is 0.207. The molecule has 0 aliphatic carbocycles. The van der Waals surface area contributed by atoms with Crippen LogP contribution in [0.15, 0.2) is 41.8 Å². The number of methoxy groups -OCH3 is 1. The maximum atomic E-state index is 9.53. The molecule has 146 valence electrons. The zero-order valence-corrected chi connectivity index (χ0v) is 16.9. The van der Waals surface area contributed by atoms with E-state index in [1.807, 2.05) is 30.8 Å². The summed E-state index contributed by atoms with van der Waals surface area (Å²) < 4.78 is 5.34. The fraction of sp³-hybridized carbons (Fsp3) is 0.500. The number of aromatic nitrogens is 2. The lowest BCUT2D eigenvalue weighted by atomic mass is 10.1. The molecule has 1 saturated heterocycles. The first-order chi connectivity index (χ1) is 13.2. The summed E-state index contributed by atoms with van der Waals surface area (Å²) in [4.78, 5) is 13.6. The summed E-state index contributed by atoms with van der Waals surface area (Å²) in [5, 5.41) is 10.3. The Labute approximate surface area is 165 Å². The molecular formula is C20H28N4O2S. The number of ether oxygens (including phenoxy) is 1. The number of rotatable bonds is 8. The van der Waals surface area contributed by atoms with Gasteiger partial charge in [-0.1, -0.05) is 23.9 Å². The topological polar surface area (TPSA) is 61.7 Å². The van der Waals surface area contributed by atoms with Gasteiger partial charge < -0.3 is 9.84 Å². The van der Waals surface area contributed by atoms with Gasteiger partial charge in [-0.3, -0.25) is 9.80 Å². The molecule has 1 fully saturated rings. The van der Waals surface area contributed by atoms with E-state index in [0.29, 0.717) is 6.04 Å². The summed E-state index contributed by atoms with van der Waals surface area (Å²) in [7, 11) is 1.70. The summed E-state index contributed by atoms with van der Waals surface area (Å²) in [6.45, 7) is 4.85. The number of piperazine rings is 1. The van der Waals surface area contributed by atoms with Crippen LogP contribution in [0.1, 0.15) is 17.5 Å². The Bertz CT molecular complexity index is 713. The second-order valence-corrected chi connectivity index (χ2v) is 7.57. The van der Waals surface area contributed by atoms with Gasteiger partial charge in [0.2, 0.25) is 0 Å². The molecule has 7 heteroatoms. The van der Waals surface area contributed by atoms with Gasteiger partial charge in [-0.25, -0.2) is 9.97 Å². The predicted molar refractivity (Wildman–Crippen MR) is 108 cm³/mol. The first-order valence-corrected chi connectivity index (χ1v) is 10.5. The quantitative estimate of drug-likeness (QED) is 0.550. The van der Waals surface area contributed by atoms with E-state index in [1.54, 1.807) is 18.9 Å². The minimum absolute atomic E-state index is 0.207. The van der Waals surface area contributed by atoms with Crippen LogP contribution in [0.5, 0.6) is 5.75 Å². The van der Waals surface area contributed by atoms with Gasteiger partial charge in [0.05, 0.1) is 7.11 Å². The Balaban J connectivity index is 1.61. The highest BCUT2D eigenvalue weighted by atomic mass is 32.2. The Kier molecular flexibility index (Phi) is 7.46. The van der Waals surface area contributed by atoms with Crippen molar-refractivity contribution in [3.8, 4) is 5.75 Å². The average Bonchev–Trinajstić information content (AvgIpc) is 2.71. The van der Waals surface area contributed by atoms with Crippen molar-refractivity contribution in [3.63, 3.8) is 0 Å². The van der Waals surface area contributed by atoms with Crippen LogP contribution < -0.4 is 4.74 Å². The molecule has 1 aromatic carbocycles. The van der Waals surface area contributed by atoms with Gasteiger partial charge in [0, 0.05) is 63.3 Å². The standard InChI is InChI=1S/C20H28N4O2S/c1-26-19-5-3-4-16(10-19)14-24-8-7-23(15-18(24)6-9-25)13-17-11-21-20(27-2)22-12-17/h3-5,10-12,18,25H,6-9,13-15H2,1-2H3/t18-/m0/s1. The third-order valence-electron chi connectivity index (χ3n) is 4.94. The summed E-state index contributed by atoms with van der Waals surface area (Å²) in [6.07, 6.45) is 6.60. The van der Waals surface area contributed by atoms with Crippen molar-refractivity contribution in [3.05, 3.63) is 47.8 Å². The molecule has 1 aliphatic rings. The monoisotopic (exact) mass is 388 g/mol. The number of benzene rings is 1. The summed E-state index contributed by atoms with van der Waals surface area (Å²) in [5.74, 6) is 0.888. The lowest BCUT2D eigenvalue weighted by molar-refractivity contribution is 0.0498. The van der Waals surface area contributed by atoms with Crippen LogP contribution in [0.3, 0.4) is 0 Å². The number of nitrogens with zero attached hydrogens (tertiary/aromatic N) is 4. The number of aliphatic hydroxyl groups is 1. The van der Waals surface area contributed by atoms with Crippen molar-refractivity contribution < 1.29 is 9.84 Å². The Morgan fingerprint density at radius 3 is 2.70 bits per heavy atom. The zero-order chi connectivity index (χ0) is 19.1. The SMILES string of the molecule is COc1cccc(CN2CCN(Cc3cnc(SC)nc3)C[C@@H]2CCO)c1. The molecule has 1 atom stereocenters. The molecule has 0 spiro atoms. The van der Waals surface area contributed by atoms with Crippen molar-refractivity contribution in [2.75, 3.05) is 39.6 Å². The highest BCUT2D eigenvalue weighted by Crippen LogP contribution is 2.20. The summed E-state index contributed by atoms with van der Waals surface area (Å²) >= 11 is 1.56. The Hall–Kier alpha value is -1.67. The molecule has 0 bridgehead atoms. The molecular weight excluding hydrogens is 360 g/mol. The van der Waals surface area contributed by atoms with E-state index < -0.39 is 0 Å². The maximum Gasteiger partial charge on any atom is 0.187 e. The Morgan fingerprint density at radius 2 is 2.00 bits per heavy atom. The molecule has 0 unspecified atom stereocenters. The second-order valence-electron chi connectivity index (χ2n) is 6.80. The second kappa shape index (κ2) is 10.0. The van der Waals surface area contributed by atoms with Crippen LogP contribution in [-0.2, 0) is 13.1 Å². The van der Waals surface area contributed by atoms with Gasteiger partial charge in [0.1, 0.15) is 5.75 Å². The van der Waals surface area contributed by atoms with Crippen molar-refractivity contribution in [2.45, 2.75) is 30.7 Å². The first-order valence-electron chi connectivity index (χ1n) is 9.27. The minimum Gasteiger partial charge on any atom is -0.497 e. The third kappa shape index (κ3) is 5.65. The number of thioether (sulfide) groups is 1. The lowest BCUT2D eigenvalue weighted by Gasteiger charge is -2.41. The van der Waals surface area contributed by atoms with Crippen LogP contribution in [0.25, 0.3) is 0 Å². The number of hydrogen-bond donors (Lipinski definition) is 1. The van der Waals surface area contributed by atoms with Crippen molar-refractivity contribution in [2.24, 2.45) is 0 Å². The average molecular weight is 389 g/mol. The molecule has 1 aromatic heterocycles. The molecule has 2 aromatic rings. The fourth-order valence-corrected chi connectivity index (χ4v) is 3.84. The van der Waals surface area contributed by atoms with Gasteiger partial charge in [-0.15, -0.1) is 0 Å². The molecule has 1 N–H and O–H groups in total. The van der Waals surface area contributed by atoms with Crippen LogP contribution in [-0.4, -0.2) is 70.5 Å². The maximum absolute atomic E-state index is 9.53. The van der Waals surface area contributed by atoms with Gasteiger partial charge in [0.15, 0.2) is 5.16 Å². The molecule has 3 rings (SSSR count). The predicted octanol–water partition coefficient (Wildman–Crippen LogP) is 2.28. The van der Waals surface area contributed by atoms with Crippen LogP contribution in [0.4, 0.5) is 0 Å². The molecule has 27 heavy (non-hydrogen) atoms. The van der Waals surface area contributed by atoms with E-state index in [-0.39, 0.29) is 6.61 Å². The third-order valence-corrected chi connectivity index (χ3v) is 5.52. The van der Waals surface area contributed by atoms with E-state index in [1.165, 1.54) is 5.56 Å². The Morgan fingerprint density at radius 1 is 1.19 bits per heavy atom. The van der Waals surface area contributed by atoms with E-state index in [2.05, 4.69) is 31.9 Å². The fourth-order valence-electron chi connectivity index (χ4n) is 3.53. The normalized spacial score (nSPS) is 18.6. The molecule has 2 heterocycles. The van der Waals surface area contributed by atoms with E-state index in [0.717, 1.165) is 55.6 Å². The summed E-state index contributed by atoms with van der Waals surface area (Å²) in [5.41, 5.74) is 2.38. The zero-order valence-electron chi connectivity index (χ0n) is 16.0. The first kappa shape index (κ1) is 20.1. The van der Waals surface area contributed by atoms with Gasteiger partial charge >= 0.3 is 0 Å². The van der Waals surface area contributed by atoms with Crippen LogP contribution in [0.2, 0.25) is 0 Å². The number of aliphatic hydroxyl groups excluding tert-OH is 1.